The number of nitrogens with zero attached hydrogens (tertiary/aromatic N) is 3. The molecule has 2 aromatic heterocycles. The average molecular weight is 514 g/mol. The number of thiazole rings is 1. The van der Waals surface area contributed by atoms with Crippen molar-refractivity contribution < 1.29 is 14.6 Å². The molecule has 0 aromatic carbocycles. The quantitative estimate of drug-likeness (QED) is 0.522. The van der Waals surface area contributed by atoms with Crippen molar-refractivity contribution in [3.63, 3.8) is 0 Å². The van der Waals surface area contributed by atoms with Gasteiger partial charge in [0.05, 0.1) is 36.9 Å². The predicted octanol–water partition coefficient (Wildman–Crippen LogP) is 3.42. The molecule has 1 saturated carbocycles. The molecule has 8 nitrogen and oxygen atoms in total. The number of hydrogen-bond donors (Lipinski definition) is 3. The molecule has 2 fully saturated rings. The highest BCUT2D eigenvalue weighted by Gasteiger charge is 2.53. The second-order valence-electron chi connectivity index (χ2n) is 11.1. The molecule has 3 heterocycles. The lowest BCUT2D eigenvalue weighted by molar-refractivity contribution is -0.134. The van der Waals surface area contributed by atoms with Crippen molar-refractivity contribution in [2.45, 2.75) is 52.1 Å². The van der Waals surface area contributed by atoms with Gasteiger partial charge in [-0.2, -0.15) is 0 Å². The highest BCUT2D eigenvalue weighted by atomic mass is 32.1. The van der Waals surface area contributed by atoms with E-state index in [1.165, 1.54) is 4.88 Å². The Morgan fingerprint density at radius 2 is 2.19 bits per heavy atom. The molecule has 196 valence electrons. The number of carbonyl (C=O) groups is 1. The Bertz CT molecular complexity index is 1040. The fourth-order valence-electron chi connectivity index (χ4n) is 6.68. The molecule has 6 atom stereocenters. The molecule has 0 unspecified atom stereocenters. The summed E-state index contributed by atoms with van der Waals surface area (Å²) in [6, 6.07) is 3.89. The third-order valence-corrected chi connectivity index (χ3v) is 9.71. The van der Waals surface area contributed by atoms with Gasteiger partial charge in [0.2, 0.25) is 5.91 Å². The first-order chi connectivity index (χ1) is 17.4. The molecule has 9 heteroatoms. The topological polar surface area (TPSA) is 99.6 Å². The first-order valence-corrected chi connectivity index (χ1v) is 14.1. The van der Waals surface area contributed by atoms with Crippen LogP contribution in [0.1, 0.15) is 50.1 Å². The van der Waals surface area contributed by atoms with Crippen LogP contribution >= 0.6 is 11.3 Å². The fraction of sp³-hybridized carbons (Fsp3) is 0.667. The van der Waals surface area contributed by atoms with Gasteiger partial charge in [-0.05, 0) is 48.6 Å². The summed E-state index contributed by atoms with van der Waals surface area (Å²) >= 11 is 1.71. The van der Waals surface area contributed by atoms with Crippen LogP contribution in [-0.4, -0.2) is 71.4 Å². The summed E-state index contributed by atoms with van der Waals surface area (Å²) in [7, 11) is 0. The Morgan fingerprint density at radius 1 is 1.39 bits per heavy atom. The van der Waals surface area contributed by atoms with Crippen molar-refractivity contribution >= 4 is 28.1 Å². The summed E-state index contributed by atoms with van der Waals surface area (Å²) < 4.78 is 5.40. The number of rotatable bonds is 7. The molecule has 0 radical (unpaired) electrons. The van der Waals surface area contributed by atoms with E-state index in [0.29, 0.717) is 6.54 Å². The Balaban J connectivity index is 1.24. The van der Waals surface area contributed by atoms with Crippen LogP contribution in [0.2, 0.25) is 0 Å². The number of morpholine rings is 1. The van der Waals surface area contributed by atoms with Crippen LogP contribution in [0.4, 0.5) is 10.8 Å². The number of nitrogens with one attached hydrogen (secondary N) is 2. The summed E-state index contributed by atoms with van der Waals surface area (Å²) in [5, 5.41) is 19.1. The van der Waals surface area contributed by atoms with Gasteiger partial charge in [-0.3, -0.25) is 14.7 Å². The second-order valence-corrected chi connectivity index (χ2v) is 12.1. The number of aromatic nitrogens is 2. The van der Waals surface area contributed by atoms with E-state index in [2.05, 4.69) is 34.4 Å². The first kappa shape index (κ1) is 25.6. The van der Waals surface area contributed by atoms with Gasteiger partial charge in [0.15, 0.2) is 5.13 Å². The van der Waals surface area contributed by atoms with E-state index in [4.69, 9.17) is 9.72 Å². The van der Waals surface area contributed by atoms with E-state index in [0.717, 1.165) is 68.6 Å². The van der Waals surface area contributed by atoms with Gasteiger partial charge in [-0.1, -0.05) is 20.8 Å². The van der Waals surface area contributed by atoms with Crippen LogP contribution in [0.25, 0.3) is 0 Å². The van der Waals surface area contributed by atoms with Crippen LogP contribution in [0.15, 0.2) is 24.5 Å². The Kier molecular flexibility index (Phi) is 7.62. The summed E-state index contributed by atoms with van der Waals surface area (Å²) in [5.41, 5.74) is 2.03. The smallest absolute Gasteiger partial charge is 0.223 e. The van der Waals surface area contributed by atoms with Gasteiger partial charge in [0, 0.05) is 49.1 Å². The van der Waals surface area contributed by atoms with Crippen LogP contribution in [0.3, 0.4) is 0 Å². The van der Waals surface area contributed by atoms with Crippen molar-refractivity contribution in [1.82, 2.24) is 20.2 Å². The maximum atomic E-state index is 13.0. The lowest BCUT2D eigenvalue weighted by atomic mass is 9.53. The lowest BCUT2D eigenvalue weighted by Crippen LogP contribution is -2.53. The van der Waals surface area contributed by atoms with E-state index < -0.39 is 6.10 Å². The van der Waals surface area contributed by atoms with Crippen molar-refractivity contribution in [2.75, 3.05) is 44.7 Å². The number of amides is 1. The number of ether oxygens (including phenoxy) is 1. The number of carbonyl (C=O) groups excluding carboxylic acids is 1. The van der Waals surface area contributed by atoms with E-state index in [1.54, 1.807) is 23.7 Å². The van der Waals surface area contributed by atoms with E-state index in [9.17, 15) is 9.90 Å². The molecule has 5 rings (SSSR count). The van der Waals surface area contributed by atoms with Gasteiger partial charge in [-0.25, -0.2) is 4.98 Å². The molecule has 1 amide bonds. The minimum absolute atomic E-state index is 0.00691. The molecule has 36 heavy (non-hydrogen) atoms. The standard InChI is InChI=1S/C27H39N5O3S/c1-17(25(34)29-9-10-32-11-13-35-14-12-32)20-6-7-27(3)15-21-23(18(2)22(27)24(20)33)31-26(36-21)30-19-5-4-8-28-16-19/h4-5,8,16-18,20,22,24,33H,6-7,9-15H2,1-3H3,(H,29,34)(H,30,31)/t17-,18-,20+,22+,24-,27-/m0/s1. The molecule has 0 bridgehead atoms. The minimum Gasteiger partial charge on any atom is -0.392 e. The average Bonchev–Trinajstić information content (AvgIpc) is 3.26. The van der Waals surface area contributed by atoms with Crippen LogP contribution in [0, 0.1) is 23.2 Å². The van der Waals surface area contributed by atoms with E-state index in [1.807, 2.05) is 19.1 Å². The predicted molar refractivity (Wildman–Crippen MR) is 142 cm³/mol. The molecular weight excluding hydrogens is 474 g/mol. The molecule has 1 saturated heterocycles. The van der Waals surface area contributed by atoms with Crippen molar-refractivity contribution in [3.05, 3.63) is 35.1 Å². The summed E-state index contributed by atoms with van der Waals surface area (Å²) in [6.45, 7) is 11.3. The molecule has 3 N–H and O–H groups in total. The summed E-state index contributed by atoms with van der Waals surface area (Å²) in [4.78, 5) is 25.8. The molecule has 1 aliphatic heterocycles. The van der Waals surface area contributed by atoms with Crippen LogP contribution < -0.4 is 10.6 Å². The van der Waals surface area contributed by atoms with Gasteiger partial charge in [0.1, 0.15) is 0 Å². The zero-order valence-corrected chi connectivity index (χ0v) is 22.4. The third kappa shape index (κ3) is 5.16. The SMILES string of the molecule is C[C@H](C(=O)NCCN1CCOCC1)[C@H]1CC[C@@]2(C)Cc3sc(Nc4cccnc4)nc3[C@@H](C)[C@@H]2[C@H]1O. The summed E-state index contributed by atoms with van der Waals surface area (Å²) in [6.07, 6.45) is 5.84. The first-order valence-electron chi connectivity index (χ1n) is 13.3. The third-order valence-electron chi connectivity index (χ3n) is 8.72. The van der Waals surface area contributed by atoms with E-state index >= 15 is 0 Å². The second kappa shape index (κ2) is 10.7. The van der Waals surface area contributed by atoms with Crippen LogP contribution in [-0.2, 0) is 16.0 Å². The number of aliphatic hydroxyl groups excluding tert-OH is 1. The monoisotopic (exact) mass is 513 g/mol. The maximum Gasteiger partial charge on any atom is 0.223 e. The zero-order valence-electron chi connectivity index (χ0n) is 21.6. The number of pyridine rings is 1. The molecular formula is C27H39N5O3S. The number of hydrogen-bond acceptors (Lipinski definition) is 8. The van der Waals surface area contributed by atoms with Gasteiger partial charge in [-0.15, -0.1) is 11.3 Å². The largest absolute Gasteiger partial charge is 0.392 e. The van der Waals surface area contributed by atoms with Gasteiger partial charge < -0.3 is 20.5 Å². The Labute approximate surface area is 217 Å². The molecule has 2 aromatic rings. The van der Waals surface area contributed by atoms with Crippen molar-refractivity contribution in [3.8, 4) is 0 Å². The minimum atomic E-state index is -0.525. The fourth-order valence-corrected chi connectivity index (χ4v) is 7.96. The van der Waals surface area contributed by atoms with Gasteiger partial charge >= 0.3 is 0 Å². The highest BCUT2D eigenvalue weighted by Crippen LogP contribution is 2.57. The highest BCUT2D eigenvalue weighted by molar-refractivity contribution is 7.15. The van der Waals surface area contributed by atoms with Crippen molar-refractivity contribution in [2.24, 2.45) is 23.2 Å². The number of aliphatic hydroxyl groups is 1. The maximum absolute atomic E-state index is 13.0. The number of anilines is 2. The Hall–Kier alpha value is -2.07. The van der Waals surface area contributed by atoms with Crippen molar-refractivity contribution in [1.29, 1.82) is 0 Å². The normalized spacial score (nSPS) is 31.2. The number of fused-ring (bicyclic) bond motifs is 2. The zero-order chi connectivity index (χ0) is 25.3. The Morgan fingerprint density at radius 3 is 2.94 bits per heavy atom. The molecule has 3 aliphatic rings. The van der Waals surface area contributed by atoms with Crippen LogP contribution in [0.5, 0.6) is 0 Å². The summed E-state index contributed by atoms with van der Waals surface area (Å²) in [5.74, 6) is 0.00867. The lowest BCUT2D eigenvalue weighted by Gasteiger charge is -2.53. The molecule has 2 aliphatic carbocycles. The van der Waals surface area contributed by atoms with Gasteiger partial charge in [0.25, 0.3) is 0 Å². The van der Waals surface area contributed by atoms with E-state index in [-0.39, 0.29) is 35.0 Å². The molecule has 0 spiro atoms.